The van der Waals surface area contributed by atoms with E-state index in [0.717, 1.165) is 5.56 Å². The number of carboxylic acids is 1. The first-order valence-electron chi connectivity index (χ1n) is 8.34. The Balaban J connectivity index is 2.01. The van der Waals surface area contributed by atoms with Crippen molar-refractivity contribution in [3.63, 3.8) is 0 Å². The second kappa shape index (κ2) is 8.68. The van der Waals surface area contributed by atoms with Crippen LogP contribution in [0.4, 0.5) is 5.69 Å². The molecule has 2 aromatic carbocycles. The van der Waals surface area contributed by atoms with Crippen LogP contribution in [0.15, 0.2) is 48.5 Å². The number of benzene rings is 2. The number of carbonyl (C=O) groups is 3. The molecule has 2 rings (SSSR count). The number of hydrogen-bond donors (Lipinski definition) is 3. The van der Waals surface area contributed by atoms with Crippen LogP contribution in [0.25, 0.3) is 0 Å². The molecule has 0 aliphatic heterocycles. The van der Waals surface area contributed by atoms with Crippen LogP contribution in [-0.4, -0.2) is 29.4 Å². The summed E-state index contributed by atoms with van der Waals surface area (Å²) in [5.74, 6) is -1.68. The molecule has 27 heavy (non-hydrogen) atoms. The number of amides is 2. The van der Waals surface area contributed by atoms with E-state index in [9.17, 15) is 14.4 Å². The first kappa shape index (κ1) is 20.5. The lowest BCUT2D eigenvalue weighted by atomic mass is 9.83. The summed E-state index contributed by atoms with van der Waals surface area (Å²) < 4.78 is 0. The molecule has 0 heterocycles. The summed E-state index contributed by atoms with van der Waals surface area (Å²) in [6, 6.07) is 14.0. The molecule has 0 atom stereocenters. The number of aliphatic carboxylic acids is 1. The van der Waals surface area contributed by atoms with Gasteiger partial charge in [0.05, 0.1) is 11.8 Å². The normalized spacial score (nSPS) is 10.9. The van der Waals surface area contributed by atoms with Gasteiger partial charge in [0.2, 0.25) is 11.8 Å². The van der Waals surface area contributed by atoms with Crippen molar-refractivity contribution in [3.05, 3.63) is 64.7 Å². The average Bonchev–Trinajstić information content (AvgIpc) is 2.61. The summed E-state index contributed by atoms with van der Waals surface area (Å²) in [5, 5.41) is 14.2. The molecule has 0 spiro atoms. The smallest absolute Gasteiger partial charge is 0.322 e. The van der Waals surface area contributed by atoms with Crippen molar-refractivity contribution in [3.8, 4) is 0 Å². The molecule has 0 bridgehead atoms. The number of hydrogen-bond acceptors (Lipinski definition) is 3. The quantitative estimate of drug-likeness (QED) is 0.679. The van der Waals surface area contributed by atoms with Crippen molar-refractivity contribution in [2.45, 2.75) is 25.7 Å². The summed E-state index contributed by atoms with van der Waals surface area (Å²) in [6.07, 6.45) is 0.0621. The van der Waals surface area contributed by atoms with Gasteiger partial charge in [0.25, 0.3) is 0 Å². The number of anilines is 1. The molecular weight excluding hydrogens is 368 g/mol. The van der Waals surface area contributed by atoms with Crippen molar-refractivity contribution in [1.29, 1.82) is 0 Å². The zero-order chi connectivity index (χ0) is 20.0. The Hall–Kier alpha value is -2.86. The number of rotatable bonds is 7. The van der Waals surface area contributed by atoms with E-state index in [1.807, 2.05) is 18.2 Å². The molecule has 0 saturated heterocycles. The lowest BCUT2D eigenvalue weighted by Gasteiger charge is -2.25. The molecule has 0 unspecified atom stereocenters. The molecule has 6 nitrogen and oxygen atoms in total. The lowest BCUT2D eigenvalue weighted by molar-refractivity contribution is -0.137. The number of carboxylic acid groups (broad SMARTS) is 1. The summed E-state index contributed by atoms with van der Waals surface area (Å²) in [6.45, 7) is 3.18. The van der Waals surface area contributed by atoms with E-state index in [-0.39, 0.29) is 18.2 Å². The van der Waals surface area contributed by atoms with Gasteiger partial charge in [-0.1, -0.05) is 41.9 Å². The highest BCUT2D eigenvalue weighted by Crippen LogP contribution is 2.30. The Kier molecular flexibility index (Phi) is 6.58. The van der Waals surface area contributed by atoms with E-state index in [2.05, 4.69) is 10.6 Å². The standard InChI is InChI=1S/C20H21ClN2O4/c1-20(2,15-5-3-4-6-16(15)21)19(27)23-14-9-7-13(8-10-14)11-17(24)22-12-18(25)26/h3-10H,11-12H2,1-2H3,(H,22,24)(H,23,27)(H,25,26). The van der Waals surface area contributed by atoms with Crippen molar-refractivity contribution in [1.82, 2.24) is 5.32 Å². The molecule has 0 aromatic heterocycles. The minimum absolute atomic E-state index is 0.0621. The first-order valence-corrected chi connectivity index (χ1v) is 8.72. The van der Waals surface area contributed by atoms with Crippen molar-refractivity contribution < 1.29 is 19.5 Å². The van der Waals surface area contributed by atoms with Gasteiger partial charge >= 0.3 is 5.97 Å². The van der Waals surface area contributed by atoms with Gasteiger partial charge in [-0.25, -0.2) is 0 Å². The highest BCUT2D eigenvalue weighted by Gasteiger charge is 2.31. The van der Waals surface area contributed by atoms with Crippen LogP contribution in [0.3, 0.4) is 0 Å². The van der Waals surface area contributed by atoms with Crippen LogP contribution < -0.4 is 10.6 Å². The molecule has 0 saturated carbocycles. The lowest BCUT2D eigenvalue weighted by Crippen LogP contribution is -2.35. The minimum Gasteiger partial charge on any atom is -0.480 e. The van der Waals surface area contributed by atoms with E-state index < -0.39 is 17.9 Å². The second-order valence-corrected chi connectivity index (χ2v) is 7.01. The Bertz CT molecular complexity index is 847. The van der Waals surface area contributed by atoms with Gasteiger partial charge in [0.15, 0.2) is 0 Å². The van der Waals surface area contributed by atoms with E-state index in [1.165, 1.54) is 0 Å². The van der Waals surface area contributed by atoms with Crippen LogP contribution >= 0.6 is 11.6 Å². The van der Waals surface area contributed by atoms with Crippen LogP contribution in [0.5, 0.6) is 0 Å². The third-order valence-electron chi connectivity index (χ3n) is 4.13. The Morgan fingerprint density at radius 3 is 2.26 bits per heavy atom. The maximum atomic E-state index is 12.7. The topological polar surface area (TPSA) is 95.5 Å². The molecule has 3 N–H and O–H groups in total. The zero-order valence-corrected chi connectivity index (χ0v) is 15.8. The van der Waals surface area contributed by atoms with E-state index in [1.54, 1.807) is 44.2 Å². The molecular formula is C20H21ClN2O4. The van der Waals surface area contributed by atoms with Gasteiger partial charge in [-0.3, -0.25) is 14.4 Å². The Morgan fingerprint density at radius 1 is 1.04 bits per heavy atom. The molecule has 0 radical (unpaired) electrons. The largest absolute Gasteiger partial charge is 0.480 e. The first-order chi connectivity index (χ1) is 12.7. The Labute approximate surface area is 162 Å². The summed E-state index contributed by atoms with van der Waals surface area (Å²) in [7, 11) is 0. The van der Waals surface area contributed by atoms with Crippen LogP contribution in [0.2, 0.25) is 5.02 Å². The molecule has 7 heteroatoms. The van der Waals surface area contributed by atoms with E-state index >= 15 is 0 Å². The third kappa shape index (κ3) is 5.56. The fourth-order valence-electron chi connectivity index (χ4n) is 2.51. The number of halogens is 1. The van der Waals surface area contributed by atoms with Gasteiger partial charge in [0, 0.05) is 10.7 Å². The molecule has 142 valence electrons. The Morgan fingerprint density at radius 2 is 1.67 bits per heavy atom. The molecule has 0 aliphatic carbocycles. The molecule has 2 amide bonds. The molecule has 0 fully saturated rings. The van der Waals surface area contributed by atoms with Gasteiger partial charge in [-0.15, -0.1) is 0 Å². The van der Waals surface area contributed by atoms with Crippen molar-refractivity contribution in [2.24, 2.45) is 0 Å². The summed E-state index contributed by atoms with van der Waals surface area (Å²) >= 11 is 6.22. The van der Waals surface area contributed by atoms with Crippen LogP contribution in [0.1, 0.15) is 25.0 Å². The van der Waals surface area contributed by atoms with E-state index in [0.29, 0.717) is 16.3 Å². The maximum Gasteiger partial charge on any atom is 0.322 e. The van der Waals surface area contributed by atoms with Gasteiger partial charge in [0.1, 0.15) is 6.54 Å². The molecule has 0 aliphatic rings. The van der Waals surface area contributed by atoms with Gasteiger partial charge in [-0.2, -0.15) is 0 Å². The van der Waals surface area contributed by atoms with Crippen LogP contribution in [0, 0.1) is 0 Å². The maximum absolute atomic E-state index is 12.7. The van der Waals surface area contributed by atoms with Gasteiger partial charge in [-0.05, 0) is 43.2 Å². The zero-order valence-electron chi connectivity index (χ0n) is 15.1. The van der Waals surface area contributed by atoms with Crippen molar-refractivity contribution >= 4 is 35.1 Å². The number of carbonyl (C=O) groups excluding carboxylic acids is 2. The highest BCUT2D eigenvalue weighted by atomic mass is 35.5. The van der Waals surface area contributed by atoms with Gasteiger partial charge < -0.3 is 15.7 Å². The summed E-state index contributed by atoms with van der Waals surface area (Å²) in [4.78, 5) is 34.8. The SMILES string of the molecule is CC(C)(C(=O)Nc1ccc(CC(=O)NCC(=O)O)cc1)c1ccccc1Cl. The third-order valence-corrected chi connectivity index (χ3v) is 4.46. The van der Waals surface area contributed by atoms with E-state index in [4.69, 9.17) is 16.7 Å². The predicted molar refractivity (Wildman–Crippen MR) is 104 cm³/mol. The van der Waals surface area contributed by atoms with Crippen LogP contribution in [-0.2, 0) is 26.2 Å². The fourth-order valence-corrected chi connectivity index (χ4v) is 2.88. The van der Waals surface area contributed by atoms with Crippen molar-refractivity contribution in [2.75, 3.05) is 11.9 Å². The summed E-state index contributed by atoms with van der Waals surface area (Å²) in [5.41, 5.74) is 1.21. The number of nitrogens with one attached hydrogen (secondary N) is 2. The molecule has 2 aromatic rings. The minimum atomic E-state index is -1.09. The monoisotopic (exact) mass is 388 g/mol. The predicted octanol–water partition coefficient (Wildman–Crippen LogP) is 3.00. The highest BCUT2D eigenvalue weighted by molar-refractivity contribution is 6.31. The fraction of sp³-hybridized carbons (Fsp3) is 0.250. The second-order valence-electron chi connectivity index (χ2n) is 6.60. The average molecular weight is 389 g/mol.